The van der Waals surface area contributed by atoms with E-state index in [2.05, 4.69) is 4.98 Å². The number of H-pyrrole nitrogens is 1. The Balaban J connectivity index is 3.14. The van der Waals surface area contributed by atoms with E-state index >= 15 is 0 Å². The van der Waals surface area contributed by atoms with Gasteiger partial charge >= 0.3 is 5.97 Å². The summed E-state index contributed by atoms with van der Waals surface area (Å²) in [5.74, 6) is -1.52. The number of aromatic nitrogens is 1. The Labute approximate surface area is 111 Å². The lowest BCUT2D eigenvalue weighted by molar-refractivity contribution is -0.125. The van der Waals surface area contributed by atoms with Crippen LogP contribution < -0.4 is 5.73 Å². The van der Waals surface area contributed by atoms with Gasteiger partial charge in [-0.3, -0.25) is 9.59 Å². The molecule has 0 aromatic carbocycles. The number of primary amides is 1. The number of nitrogens with one attached hydrogen (secondary N) is 1. The summed E-state index contributed by atoms with van der Waals surface area (Å²) in [6.07, 6.45) is -0.504. The molecule has 0 aliphatic rings. The first-order valence-corrected chi connectivity index (χ1v) is 6.02. The maximum absolute atomic E-state index is 12.0. The van der Waals surface area contributed by atoms with Crippen LogP contribution >= 0.6 is 0 Å². The second kappa shape index (κ2) is 5.69. The van der Waals surface area contributed by atoms with Crippen molar-refractivity contribution in [2.75, 3.05) is 0 Å². The van der Waals surface area contributed by atoms with Crippen LogP contribution in [0.4, 0.5) is 0 Å². The number of ether oxygens (including phenoxy) is 1. The van der Waals surface area contributed by atoms with Crippen LogP contribution in [0.15, 0.2) is 0 Å². The smallest absolute Gasteiger partial charge is 0.355 e. The van der Waals surface area contributed by atoms with Crippen molar-refractivity contribution in [3.8, 4) is 0 Å². The number of aryl methyl sites for hydroxylation is 1. The Morgan fingerprint density at radius 3 is 2.37 bits per heavy atom. The van der Waals surface area contributed by atoms with E-state index in [9.17, 15) is 14.4 Å². The second-order valence-electron chi connectivity index (χ2n) is 4.34. The third kappa shape index (κ3) is 3.01. The third-order valence-corrected chi connectivity index (χ3v) is 2.89. The molecule has 0 saturated heterocycles. The summed E-state index contributed by atoms with van der Waals surface area (Å²) in [6.45, 7) is 6.39. The molecule has 1 aromatic rings. The van der Waals surface area contributed by atoms with Gasteiger partial charge < -0.3 is 15.5 Å². The van der Waals surface area contributed by atoms with Gasteiger partial charge in [-0.1, -0.05) is 6.92 Å². The summed E-state index contributed by atoms with van der Waals surface area (Å²) >= 11 is 0. The molecular formula is C13H18N2O4. The van der Waals surface area contributed by atoms with Crippen LogP contribution in [-0.2, 0) is 16.0 Å². The molecule has 6 heteroatoms. The van der Waals surface area contributed by atoms with Gasteiger partial charge in [0.15, 0.2) is 11.9 Å². The van der Waals surface area contributed by atoms with Gasteiger partial charge in [0.05, 0.1) is 0 Å². The summed E-state index contributed by atoms with van der Waals surface area (Å²) in [7, 11) is 0. The number of carbonyl (C=O) groups is 3. The highest BCUT2D eigenvalue weighted by molar-refractivity contribution is 6.01. The zero-order chi connectivity index (χ0) is 14.7. The van der Waals surface area contributed by atoms with Crippen molar-refractivity contribution in [2.24, 2.45) is 5.73 Å². The molecule has 0 fully saturated rings. The fraction of sp³-hybridized carbons (Fsp3) is 0.462. The van der Waals surface area contributed by atoms with Crippen molar-refractivity contribution >= 4 is 17.7 Å². The Morgan fingerprint density at radius 2 is 1.95 bits per heavy atom. The van der Waals surface area contributed by atoms with E-state index in [4.69, 9.17) is 10.5 Å². The van der Waals surface area contributed by atoms with Gasteiger partial charge in [-0.2, -0.15) is 0 Å². The Bertz CT molecular complexity index is 531. The maximum Gasteiger partial charge on any atom is 0.355 e. The maximum atomic E-state index is 12.0. The molecule has 0 saturated carbocycles. The van der Waals surface area contributed by atoms with E-state index in [0.29, 0.717) is 23.2 Å². The monoisotopic (exact) mass is 266 g/mol. The topological polar surface area (TPSA) is 102 Å². The molecule has 0 spiro atoms. The predicted molar refractivity (Wildman–Crippen MR) is 69.0 cm³/mol. The van der Waals surface area contributed by atoms with E-state index in [1.807, 2.05) is 6.92 Å². The molecule has 1 aromatic heterocycles. The van der Waals surface area contributed by atoms with E-state index in [-0.39, 0.29) is 11.5 Å². The van der Waals surface area contributed by atoms with Crippen molar-refractivity contribution in [3.05, 3.63) is 22.5 Å². The number of hydrogen-bond donors (Lipinski definition) is 2. The number of rotatable bonds is 5. The largest absolute Gasteiger partial charge is 0.448 e. The lowest BCUT2D eigenvalue weighted by Crippen LogP contribution is -2.30. The van der Waals surface area contributed by atoms with Gasteiger partial charge in [0.25, 0.3) is 5.91 Å². The SMILES string of the molecule is CCc1c(C(=O)OC(C)C(N)=O)[nH]c(C)c1C(C)=O. The van der Waals surface area contributed by atoms with Crippen LogP contribution in [0.3, 0.4) is 0 Å². The second-order valence-corrected chi connectivity index (χ2v) is 4.34. The number of hydrogen-bond acceptors (Lipinski definition) is 4. The van der Waals surface area contributed by atoms with E-state index in [1.54, 1.807) is 6.92 Å². The van der Waals surface area contributed by atoms with Gasteiger partial charge in [0, 0.05) is 11.3 Å². The van der Waals surface area contributed by atoms with Crippen molar-refractivity contribution < 1.29 is 19.1 Å². The van der Waals surface area contributed by atoms with E-state index < -0.39 is 18.0 Å². The highest BCUT2D eigenvalue weighted by Gasteiger charge is 2.24. The summed E-state index contributed by atoms with van der Waals surface area (Å²) in [6, 6.07) is 0. The zero-order valence-corrected chi connectivity index (χ0v) is 11.5. The molecule has 1 atom stereocenters. The van der Waals surface area contributed by atoms with Crippen LogP contribution in [0.2, 0.25) is 0 Å². The number of carbonyl (C=O) groups excluding carboxylic acids is 3. The molecule has 6 nitrogen and oxygen atoms in total. The normalized spacial score (nSPS) is 12.0. The quantitative estimate of drug-likeness (QED) is 0.615. The fourth-order valence-corrected chi connectivity index (χ4v) is 1.96. The molecule has 19 heavy (non-hydrogen) atoms. The van der Waals surface area contributed by atoms with Gasteiger partial charge in [-0.05, 0) is 32.8 Å². The summed E-state index contributed by atoms with van der Waals surface area (Å²) in [5, 5.41) is 0. The Kier molecular flexibility index (Phi) is 4.47. The standard InChI is InChI=1S/C13H18N2O4/c1-5-9-10(7(3)16)6(2)15-11(9)13(18)19-8(4)12(14)17/h8,15H,5H2,1-4H3,(H2,14,17). The fourth-order valence-electron chi connectivity index (χ4n) is 1.96. The van der Waals surface area contributed by atoms with Crippen molar-refractivity contribution in [3.63, 3.8) is 0 Å². The van der Waals surface area contributed by atoms with E-state index in [1.165, 1.54) is 13.8 Å². The Hall–Kier alpha value is -2.11. The van der Waals surface area contributed by atoms with Crippen molar-refractivity contribution in [1.29, 1.82) is 0 Å². The summed E-state index contributed by atoms with van der Waals surface area (Å²) in [4.78, 5) is 37.2. The Morgan fingerprint density at radius 1 is 1.37 bits per heavy atom. The minimum absolute atomic E-state index is 0.118. The first-order valence-electron chi connectivity index (χ1n) is 6.02. The molecule has 0 aliphatic carbocycles. The van der Waals surface area contributed by atoms with E-state index in [0.717, 1.165) is 0 Å². The van der Waals surface area contributed by atoms with Crippen molar-refractivity contribution in [2.45, 2.75) is 40.2 Å². The molecule has 104 valence electrons. The van der Waals surface area contributed by atoms with Gasteiger partial charge in [0.2, 0.25) is 0 Å². The lowest BCUT2D eigenvalue weighted by atomic mass is 10.0. The number of nitrogens with two attached hydrogens (primary N) is 1. The van der Waals surface area contributed by atoms with Crippen LogP contribution in [0, 0.1) is 6.92 Å². The molecule has 0 aliphatic heterocycles. The number of aromatic amines is 1. The van der Waals surface area contributed by atoms with Gasteiger partial charge in [0.1, 0.15) is 5.69 Å². The zero-order valence-electron chi connectivity index (χ0n) is 11.5. The molecule has 1 rings (SSSR count). The molecule has 0 bridgehead atoms. The molecule has 0 radical (unpaired) electrons. The van der Waals surface area contributed by atoms with Crippen LogP contribution in [0.5, 0.6) is 0 Å². The van der Waals surface area contributed by atoms with Gasteiger partial charge in [-0.15, -0.1) is 0 Å². The summed E-state index contributed by atoms with van der Waals surface area (Å²) in [5.41, 5.74) is 6.96. The van der Waals surface area contributed by atoms with Crippen LogP contribution in [0.1, 0.15) is 52.9 Å². The highest BCUT2D eigenvalue weighted by atomic mass is 16.5. The predicted octanol–water partition coefficient (Wildman–Crippen LogP) is 1.12. The van der Waals surface area contributed by atoms with Crippen LogP contribution in [0.25, 0.3) is 0 Å². The molecule has 1 heterocycles. The van der Waals surface area contributed by atoms with Gasteiger partial charge in [-0.25, -0.2) is 4.79 Å². The minimum atomic E-state index is -1.01. The number of ketones is 1. The lowest BCUT2D eigenvalue weighted by Gasteiger charge is -2.09. The average Bonchev–Trinajstić information content (AvgIpc) is 2.65. The third-order valence-electron chi connectivity index (χ3n) is 2.89. The molecular weight excluding hydrogens is 248 g/mol. The van der Waals surface area contributed by atoms with Crippen LogP contribution in [-0.4, -0.2) is 28.7 Å². The minimum Gasteiger partial charge on any atom is -0.448 e. The summed E-state index contributed by atoms with van der Waals surface area (Å²) < 4.78 is 4.93. The first-order chi connectivity index (χ1) is 8.79. The molecule has 1 unspecified atom stereocenters. The number of amides is 1. The highest BCUT2D eigenvalue weighted by Crippen LogP contribution is 2.21. The number of esters is 1. The van der Waals surface area contributed by atoms with Crippen molar-refractivity contribution in [1.82, 2.24) is 4.98 Å². The number of Topliss-reactive ketones (excluding diaryl/α,β-unsaturated/α-hetero) is 1. The average molecular weight is 266 g/mol. The first kappa shape index (κ1) is 14.9. The molecule has 1 amide bonds. The molecule has 3 N–H and O–H groups in total.